The number of nitrogens with zero attached hydrogens (tertiary/aromatic N) is 6. The second-order valence-corrected chi connectivity index (χ2v) is 7.33. The van der Waals surface area contributed by atoms with E-state index in [1.54, 1.807) is 0 Å². The summed E-state index contributed by atoms with van der Waals surface area (Å²) >= 11 is 0. The standard InChI is InChI=1S/C20H28N6O/c1-23(10-12-26-13-11-24(2)20(26)17(14-21)15-22)19-7-6-18(27-19)16-25-8-4-3-5-9-25/h6-7H,3-5,8-13,16H2,1-2H3. The summed E-state index contributed by atoms with van der Waals surface area (Å²) in [4.78, 5) is 8.63. The molecular weight excluding hydrogens is 340 g/mol. The fourth-order valence-electron chi connectivity index (χ4n) is 3.79. The van der Waals surface area contributed by atoms with Crippen molar-refractivity contribution >= 4 is 5.88 Å². The average Bonchev–Trinajstić information content (AvgIpc) is 3.29. The smallest absolute Gasteiger partial charge is 0.195 e. The molecule has 0 amide bonds. The number of furan rings is 1. The third-order valence-corrected chi connectivity index (χ3v) is 5.37. The molecule has 2 aliphatic heterocycles. The van der Waals surface area contributed by atoms with Crippen LogP contribution < -0.4 is 4.90 Å². The minimum absolute atomic E-state index is 0.180. The maximum atomic E-state index is 9.20. The highest BCUT2D eigenvalue weighted by Crippen LogP contribution is 2.22. The van der Waals surface area contributed by atoms with Crippen LogP contribution in [0.3, 0.4) is 0 Å². The lowest BCUT2D eigenvalue weighted by Crippen LogP contribution is -2.32. The fraction of sp³-hybridized carbons (Fsp3) is 0.600. The molecule has 0 radical (unpaired) electrons. The minimum Gasteiger partial charge on any atom is -0.444 e. The van der Waals surface area contributed by atoms with Gasteiger partial charge in [0.1, 0.15) is 23.7 Å². The van der Waals surface area contributed by atoms with Gasteiger partial charge in [0.2, 0.25) is 0 Å². The van der Waals surface area contributed by atoms with Crippen LogP contribution in [0, 0.1) is 22.7 Å². The fourth-order valence-corrected chi connectivity index (χ4v) is 3.79. The first kappa shape index (κ1) is 19.1. The van der Waals surface area contributed by atoms with Crippen LogP contribution in [0.15, 0.2) is 27.9 Å². The normalized spacial score (nSPS) is 17.7. The molecule has 1 aromatic heterocycles. The molecule has 27 heavy (non-hydrogen) atoms. The molecule has 0 aromatic carbocycles. The van der Waals surface area contributed by atoms with Crippen molar-refractivity contribution < 1.29 is 4.42 Å². The molecule has 0 aliphatic carbocycles. The number of anilines is 1. The Hall–Kier alpha value is -2.64. The van der Waals surface area contributed by atoms with Crippen molar-refractivity contribution in [3.8, 4) is 12.1 Å². The lowest BCUT2D eigenvalue weighted by Gasteiger charge is -2.26. The average molecular weight is 368 g/mol. The van der Waals surface area contributed by atoms with Crippen LogP contribution in [0.5, 0.6) is 0 Å². The van der Waals surface area contributed by atoms with Crippen LogP contribution in [0.4, 0.5) is 5.88 Å². The number of allylic oxidation sites excluding steroid dienone is 1. The third-order valence-electron chi connectivity index (χ3n) is 5.37. The van der Waals surface area contributed by atoms with Crippen molar-refractivity contribution in [3.05, 3.63) is 29.3 Å². The van der Waals surface area contributed by atoms with Gasteiger partial charge >= 0.3 is 0 Å². The molecule has 3 heterocycles. The van der Waals surface area contributed by atoms with E-state index in [2.05, 4.69) is 20.8 Å². The molecule has 0 N–H and O–H groups in total. The highest BCUT2D eigenvalue weighted by atomic mass is 16.4. The van der Waals surface area contributed by atoms with E-state index in [0.717, 1.165) is 63.3 Å². The molecule has 2 saturated heterocycles. The summed E-state index contributed by atoms with van der Waals surface area (Å²) in [5.41, 5.74) is 0.180. The van der Waals surface area contributed by atoms with Crippen molar-refractivity contribution in [1.29, 1.82) is 10.5 Å². The van der Waals surface area contributed by atoms with Gasteiger partial charge in [0.15, 0.2) is 11.5 Å². The zero-order chi connectivity index (χ0) is 19.2. The molecule has 0 unspecified atom stereocenters. The Morgan fingerprint density at radius 1 is 1.11 bits per heavy atom. The number of hydrogen-bond donors (Lipinski definition) is 0. The van der Waals surface area contributed by atoms with Gasteiger partial charge in [-0.05, 0) is 32.0 Å². The largest absolute Gasteiger partial charge is 0.444 e. The summed E-state index contributed by atoms with van der Waals surface area (Å²) in [5.74, 6) is 2.61. The molecule has 0 atom stereocenters. The van der Waals surface area contributed by atoms with Gasteiger partial charge in [0, 0.05) is 46.3 Å². The summed E-state index contributed by atoms with van der Waals surface area (Å²) in [6.45, 7) is 6.35. The molecule has 2 fully saturated rings. The molecule has 0 saturated carbocycles. The molecule has 7 heteroatoms. The topological polar surface area (TPSA) is 73.7 Å². The number of likely N-dealkylation sites (N-methyl/N-ethyl adjacent to an activating group) is 2. The Morgan fingerprint density at radius 3 is 2.56 bits per heavy atom. The van der Waals surface area contributed by atoms with Crippen LogP contribution in [0.25, 0.3) is 0 Å². The minimum atomic E-state index is 0.180. The first-order chi connectivity index (χ1) is 13.1. The van der Waals surface area contributed by atoms with E-state index in [9.17, 15) is 10.5 Å². The number of hydrogen-bond acceptors (Lipinski definition) is 7. The number of likely N-dealkylation sites (tertiary alicyclic amines) is 1. The third kappa shape index (κ3) is 4.56. The highest BCUT2D eigenvalue weighted by molar-refractivity contribution is 5.40. The second-order valence-electron chi connectivity index (χ2n) is 7.33. The Morgan fingerprint density at radius 2 is 1.85 bits per heavy atom. The number of nitriles is 2. The van der Waals surface area contributed by atoms with Crippen LogP contribution in [-0.4, -0.2) is 68.1 Å². The van der Waals surface area contributed by atoms with Gasteiger partial charge in [0.25, 0.3) is 0 Å². The SMILES string of the molecule is CN1CCN(CCN(C)c2ccc(CN3CCCCC3)o2)C1=C(C#N)C#N. The predicted molar refractivity (Wildman–Crippen MR) is 104 cm³/mol. The molecular formula is C20H28N6O. The maximum absolute atomic E-state index is 9.20. The first-order valence-corrected chi connectivity index (χ1v) is 9.65. The lowest BCUT2D eigenvalue weighted by atomic mass is 10.1. The van der Waals surface area contributed by atoms with Crippen molar-refractivity contribution in [2.45, 2.75) is 25.8 Å². The van der Waals surface area contributed by atoms with E-state index in [1.165, 1.54) is 19.3 Å². The molecule has 3 rings (SSSR count). The highest BCUT2D eigenvalue weighted by Gasteiger charge is 2.26. The summed E-state index contributed by atoms with van der Waals surface area (Å²) < 4.78 is 6.04. The van der Waals surface area contributed by atoms with Gasteiger partial charge in [0.05, 0.1) is 6.54 Å². The molecule has 0 bridgehead atoms. The lowest BCUT2D eigenvalue weighted by molar-refractivity contribution is 0.205. The number of rotatable bonds is 6. The van der Waals surface area contributed by atoms with Gasteiger partial charge in [-0.2, -0.15) is 10.5 Å². The van der Waals surface area contributed by atoms with E-state index in [-0.39, 0.29) is 5.57 Å². The van der Waals surface area contributed by atoms with Gasteiger partial charge < -0.3 is 19.1 Å². The molecule has 144 valence electrons. The molecule has 2 aliphatic rings. The van der Waals surface area contributed by atoms with Crippen molar-refractivity contribution in [2.24, 2.45) is 0 Å². The monoisotopic (exact) mass is 368 g/mol. The Bertz CT molecular complexity index is 733. The van der Waals surface area contributed by atoms with Gasteiger partial charge in [-0.3, -0.25) is 4.90 Å². The molecule has 1 aromatic rings. The first-order valence-electron chi connectivity index (χ1n) is 9.65. The molecule has 0 spiro atoms. The molecule has 7 nitrogen and oxygen atoms in total. The van der Waals surface area contributed by atoms with Crippen LogP contribution in [0.1, 0.15) is 25.0 Å². The predicted octanol–water partition coefficient (Wildman–Crippen LogP) is 2.21. The van der Waals surface area contributed by atoms with Crippen molar-refractivity contribution in [1.82, 2.24) is 14.7 Å². The summed E-state index contributed by atoms with van der Waals surface area (Å²) in [6.07, 6.45) is 3.89. The van der Waals surface area contributed by atoms with E-state index in [1.807, 2.05) is 37.2 Å². The Kier molecular flexibility index (Phi) is 6.26. The van der Waals surface area contributed by atoms with E-state index in [4.69, 9.17) is 4.42 Å². The summed E-state index contributed by atoms with van der Waals surface area (Å²) in [6, 6.07) is 8.13. The van der Waals surface area contributed by atoms with E-state index >= 15 is 0 Å². The summed E-state index contributed by atoms with van der Waals surface area (Å²) in [7, 11) is 3.94. The second kappa shape index (κ2) is 8.83. The Labute approximate surface area is 161 Å². The summed E-state index contributed by atoms with van der Waals surface area (Å²) in [5, 5.41) is 18.4. The van der Waals surface area contributed by atoms with Crippen LogP contribution >= 0.6 is 0 Å². The zero-order valence-corrected chi connectivity index (χ0v) is 16.3. The maximum Gasteiger partial charge on any atom is 0.195 e. The number of piperidine rings is 1. The van der Waals surface area contributed by atoms with Gasteiger partial charge in [-0.1, -0.05) is 6.42 Å². The van der Waals surface area contributed by atoms with Crippen LogP contribution in [-0.2, 0) is 6.54 Å². The van der Waals surface area contributed by atoms with Gasteiger partial charge in [-0.25, -0.2) is 0 Å². The Balaban J connectivity index is 1.56. The van der Waals surface area contributed by atoms with Crippen molar-refractivity contribution in [2.75, 3.05) is 58.3 Å². The van der Waals surface area contributed by atoms with Gasteiger partial charge in [-0.15, -0.1) is 0 Å². The quantitative estimate of drug-likeness (QED) is 0.713. The van der Waals surface area contributed by atoms with E-state index < -0.39 is 0 Å². The van der Waals surface area contributed by atoms with Crippen LogP contribution in [0.2, 0.25) is 0 Å². The van der Waals surface area contributed by atoms with E-state index in [0.29, 0.717) is 0 Å². The van der Waals surface area contributed by atoms with Crippen molar-refractivity contribution in [3.63, 3.8) is 0 Å². The zero-order valence-electron chi connectivity index (χ0n) is 16.3.